The van der Waals surface area contributed by atoms with Gasteiger partial charge in [-0.05, 0) is 25.1 Å². The van der Waals surface area contributed by atoms with Crippen molar-refractivity contribution in [3.63, 3.8) is 0 Å². The summed E-state index contributed by atoms with van der Waals surface area (Å²) >= 11 is 1.27. The fourth-order valence-corrected chi connectivity index (χ4v) is 2.91. The number of nitrogens with one attached hydrogen (secondary N) is 1. The smallest absolute Gasteiger partial charge is 0.339 e. The maximum absolute atomic E-state index is 12.1. The monoisotopic (exact) mass is 385 g/mol. The van der Waals surface area contributed by atoms with E-state index in [0.717, 1.165) is 0 Å². The van der Waals surface area contributed by atoms with E-state index in [1.807, 2.05) is 6.07 Å². The minimum absolute atomic E-state index is 0.0296. The summed E-state index contributed by atoms with van der Waals surface area (Å²) in [7, 11) is 0. The largest absolute Gasteiger partial charge is 0.452 e. The van der Waals surface area contributed by atoms with Crippen molar-refractivity contribution >= 4 is 35.0 Å². The molecule has 0 radical (unpaired) electrons. The molecule has 0 aliphatic rings. The summed E-state index contributed by atoms with van der Waals surface area (Å²) < 4.78 is 4.97. The summed E-state index contributed by atoms with van der Waals surface area (Å²) in [5, 5.41) is 22.2. The third-order valence-corrected chi connectivity index (χ3v) is 4.45. The zero-order chi connectivity index (χ0) is 19.8. The molecule has 2 aromatic rings. The zero-order valence-corrected chi connectivity index (χ0v) is 15.1. The Morgan fingerprint density at radius 3 is 2.70 bits per heavy atom. The number of rotatable bonds is 7. The van der Waals surface area contributed by atoms with Crippen LogP contribution in [0.5, 0.6) is 0 Å². The Balaban J connectivity index is 2.01. The molecule has 0 spiro atoms. The van der Waals surface area contributed by atoms with E-state index >= 15 is 0 Å². The number of nitro benzene ring substituents is 1. The molecule has 0 fully saturated rings. The van der Waals surface area contributed by atoms with Gasteiger partial charge in [-0.15, -0.1) is 11.8 Å². The van der Waals surface area contributed by atoms with Gasteiger partial charge in [-0.3, -0.25) is 14.9 Å². The molecule has 1 amide bonds. The van der Waals surface area contributed by atoms with Crippen LogP contribution in [0.3, 0.4) is 0 Å². The van der Waals surface area contributed by atoms with E-state index in [9.17, 15) is 19.7 Å². The molecule has 2 aromatic carbocycles. The van der Waals surface area contributed by atoms with E-state index in [1.54, 1.807) is 24.3 Å². The van der Waals surface area contributed by atoms with Gasteiger partial charge in [0.25, 0.3) is 11.6 Å². The molecule has 0 unspecified atom stereocenters. The van der Waals surface area contributed by atoms with E-state index in [0.29, 0.717) is 10.6 Å². The van der Waals surface area contributed by atoms with Gasteiger partial charge >= 0.3 is 5.97 Å². The van der Waals surface area contributed by atoms with Gasteiger partial charge in [0.15, 0.2) is 6.61 Å². The number of benzene rings is 2. The first-order valence-electron chi connectivity index (χ1n) is 7.73. The molecule has 1 N–H and O–H groups in total. The van der Waals surface area contributed by atoms with Crippen molar-refractivity contribution in [2.45, 2.75) is 11.8 Å². The molecule has 138 valence electrons. The molecule has 8 nitrogen and oxygen atoms in total. The number of nitrogens with zero attached hydrogens (tertiary/aromatic N) is 2. The first-order chi connectivity index (χ1) is 12.9. The Labute approximate surface area is 159 Å². The van der Waals surface area contributed by atoms with Crippen LogP contribution in [-0.2, 0) is 9.53 Å². The molecule has 0 aromatic heterocycles. The molecule has 0 aliphatic heterocycles. The van der Waals surface area contributed by atoms with E-state index in [2.05, 4.69) is 5.32 Å². The van der Waals surface area contributed by atoms with Crippen LogP contribution in [0.2, 0.25) is 0 Å². The summed E-state index contributed by atoms with van der Waals surface area (Å²) in [6.45, 7) is 0.898. The highest BCUT2D eigenvalue weighted by Gasteiger charge is 2.19. The number of thioether (sulfide) groups is 1. The van der Waals surface area contributed by atoms with Gasteiger partial charge in [0.1, 0.15) is 0 Å². The Bertz CT molecular complexity index is 923. The lowest BCUT2D eigenvalue weighted by Gasteiger charge is -2.10. The Hall–Kier alpha value is -3.38. The van der Waals surface area contributed by atoms with Crippen LogP contribution in [0.15, 0.2) is 47.4 Å². The van der Waals surface area contributed by atoms with Crippen LogP contribution in [0.1, 0.15) is 15.9 Å². The number of carbonyl (C=O) groups is 2. The molecule has 0 bridgehead atoms. The number of hydrogen-bond acceptors (Lipinski definition) is 7. The van der Waals surface area contributed by atoms with Crippen molar-refractivity contribution in [2.75, 3.05) is 17.7 Å². The Kier molecular flexibility index (Phi) is 6.91. The highest BCUT2D eigenvalue weighted by atomic mass is 32.2. The second-order valence-electron chi connectivity index (χ2n) is 5.27. The third-order valence-electron chi connectivity index (χ3n) is 3.51. The number of nitriles is 1. The highest BCUT2D eigenvalue weighted by Crippen LogP contribution is 2.26. The minimum atomic E-state index is -0.821. The van der Waals surface area contributed by atoms with Gasteiger partial charge in [-0.25, -0.2) is 4.79 Å². The quantitative estimate of drug-likeness (QED) is 0.336. The van der Waals surface area contributed by atoms with E-state index in [4.69, 9.17) is 10.00 Å². The van der Waals surface area contributed by atoms with E-state index < -0.39 is 23.4 Å². The lowest BCUT2D eigenvalue weighted by Crippen LogP contribution is -2.21. The number of esters is 1. The number of para-hydroxylation sites is 1. The SMILES string of the molecule is Cc1c(C(=O)OCC(=O)Nc2ccccc2SCC#N)cccc1[N+](=O)[O-]. The van der Waals surface area contributed by atoms with Crippen molar-refractivity contribution in [1.82, 2.24) is 0 Å². The second kappa shape index (κ2) is 9.35. The molecule has 0 saturated carbocycles. The normalized spacial score (nSPS) is 9.93. The maximum Gasteiger partial charge on any atom is 0.339 e. The molecule has 9 heteroatoms. The van der Waals surface area contributed by atoms with Crippen LogP contribution in [-0.4, -0.2) is 29.2 Å². The standard InChI is InChI=1S/C18H15N3O5S/c1-12-13(5-4-7-15(12)21(24)25)18(23)26-11-17(22)20-14-6-2-3-8-16(14)27-10-9-19/h2-8H,10-11H2,1H3,(H,20,22). The van der Waals surface area contributed by atoms with Crippen LogP contribution in [0, 0.1) is 28.4 Å². The molecule has 27 heavy (non-hydrogen) atoms. The number of anilines is 1. The topological polar surface area (TPSA) is 122 Å². The molecule has 0 saturated heterocycles. The predicted molar refractivity (Wildman–Crippen MR) is 99.5 cm³/mol. The summed E-state index contributed by atoms with van der Waals surface area (Å²) in [5.41, 5.74) is 0.510. The number of carbonyl (C=O) groups excluding carboxylic acids is 2. The number of hydrogen-bond donors (Lipinski definition) is 1. The van der Waals surface area contributed by atoms with Crippen molar-refractivity contribution in [3.8, 4) is 6.07 Å². The highest BCUT2D eigenvalue weighted by molar-refractivity contribution is 7.99. The molecule has 0 heterocycles. The fourth-order valence-electron chi connectivity index (χ4n) is 2.24. The van der Waals surface area contributed by atoms with Crippen LogP contribution in [0.25, 0.3) is 0 Å². The average Bonchev–Trinajstić information content (AvgIpc) is 2.65. The van der Waals surface area contributed by atoms with Crippen molar-refractivity contribution in [1.29, 1.82) is 5.26 Å². The molecule has 0 aliphatic carbocycles. The number of nitro groups is 1. The van der Waals surface area contributed by atoms with Gasteiger partial charge in [-0.1, -0.05) is 18.2 Å². The van der Waals surface area contributed by atoms with Gasteiger partial charge < -0.3 is 10.1 Å². The molecule has 2 rings (SSSR count). The van der Waals surface area contributed by atoms with Crippen LogP contribution in [0.4, 0.5) is 11.4 Å². The summed E-state index contributed by atoms with van der Waals surface area (Å²) in [4.78, 5) is 35.3. The second-order valence-corrected chi connectivity index (χ2v) is 6.29. The maximum atomic E-state index is 12.1. The first kappa shape index (κ1) is 19.9. The predicted octanol–water partition coefficient (Wildman–Crippen LogP) is 3.31. The van der Waals surface area contributed by atoms with Gasteiger partial charge in [0.2, 0.25) is 0 Å². The lowest BCUT2D eigenvalue weighted by molar-refractivity contribution is -0.385. The molecule has 0 atom stereocenters. The van der Waals surface area contributed by atoms with Crippen molar-refractivity contribution in [2.24, 2.45) is 0 Å². The molecular weight excluding hydrogens is 370 g/mol. The summed E-state index contributed by atoms with van der Waals surface area (Å²) in [5.74, 6) is -1.15. The summed E-state index contributed by atoms with van der Waals surface area (Å²) in [6.07, 6.45) is 0. The summed E-state index contributed by atoms with van der Waals surface area (Å²) in [6, 6.07) is 13.0. The molecular formula is C18H15N3O5S. The van der Waals surface area contributed by atoms with Gasteiger partial charge in [-0.2, -0.15) is 5.26 Å². The van der Waals surface area contributed by atoms with Crippen LogP contribution < -0.4 is 5.32 Å². The minimum Gasteiger partial charge on any atom is -0.452 e. The first-order valence-corrected chi connectivity index (χ1v) is 8.72. The van der Waals surface area contributed by atoms with E-state index in [-0.39, 0.29) is 22.6 Å². The fraction of sp³-hybridized carbons (Fsp3) is 0.167. The number of ether oxygens (including phenoxy) is 1. The lowest BCUT2D eigenvalue weighted by atomic mass is 10.1. The van der Waals surface area contributed by atoms with E-state index in [1.165, 1.54) is 36.9 Å². The van der Waals surface area contributed by atoms with Crippen LogP contribution >= 0.6 is 11.8 Å². The Morgan fingerprint density at radius 1 is 1.26 bits per heavy atom. The number of amides is 1. The third kappa shape index (κ3) is 5.29. The van der Waals surface area contributed by atoms with Gasteiger partial charge in [0, 0.05) is 16.5 Å². The average molecular weight is 385 g/mol. The van der Waals surface area contributed by atoms with Crippen molar-refractivity contribution in [3.05, 3.63) is 63.7 Å². The van der Waals surface area contributed by atoms with Gasteiger partial charge in [0.05, 0.1) is 28.0 Å². The zero-order valence-electron chi connectivity index (χ0n) is 14.3. The van der Waals surface area contributed by atoms with Crippen molar-refractivity contribution < 1.29 is 19.2 Å². The Morgan fingerprint density at radius 2 is 2.00 bits per heavy atom.